The molecule has 6 heteroatoms. The van der Waals surface area contributed by atoms with Gasteiger partial charge < -0.3 is 14.7 Å². The Morgan fingerprint density at radius 3 is 2.57 bits per heavy atom. The second-order valence-electron chi connectivity index (χ2n) is 7.30. The molecule has 0 bridgehead atoms. The molecule has 2 atom stereocenters. The Balaban J connectivity index is 1.83. The topological polar surface area (TPSA) is 49.8 Å². The number of halogens is 2. The molecule has 1 aliphatic rings. The number of aliphatic hydroxyl groups is 1. The molecule has 0 aromatic heterocycles. The maximum Gasteiger partial charge on any atom is 0.226 e. The minimum absolute atomic E-state index is 0.0267. The molecule has 1 fully saturated rings. The number of methoxy groups -OCH3 is 1. The predicted molar refractivity (Wildman–Crippen MR) is 102 cm³/mol. The van der Waals surface area contributed by atoms with Crippen molar-refractivity contribution in [3.63, 3.8) is 0 Å². The molecule has 28 heavy (non-hydrogen) atoms. The lowest BCUT2D eigenvalue weighted by Gasteiger charge is -2.31. The molecule has 3 rings (SSSR count). The Bertz CT molecular complexity index is 810. The van der Waals surface area contributed by atoms with Gasteiger partial charge in [-0.1, -0.05) is 18.6 Å². The van der Waals surface area contributed by atoms with Crippen molar-refractivity contribution >= 4 is 5.91 Å². The molecule has 1 saturated carbocycles. The number of benzene rings is 2. The van der Waals surface area contributed by atoms with Crippen molar-refractivity contribution < 1.29 is 23.4 Å². The van der Waals surface area contributed by atoms with Gasteiger partial charge in [0.25, 0.3) is 0 Å². The van der Waals surface area contributed by atoms with Crippen LogP contribution >= 0.6 is 0 Å². The lowest BCUT2D eigenvalue weighted by Crippen LogP contribution is -2.38. The number of hydrogen-bond donors (Lipinski definition) is 1. The van der Waals surface area contributed by atoms with Gasteiger partial charge in [0.1, 0.15) is 17.4 Å². The van der Waals surface area contributed by atoms with Crippen molar-refractivity contribution in [3.05, 3.63) is 65.2 Å². The summed E-state index contributed by atoms with van der Waals surface area (Å²) in [4.78, 5) is 14.7. The summed E-state index contributed by atoms with van der Waals surface area (Å²) in [6.45, 7) is 0.242. The maximum atomic E-state index is 14.2. The SMILES string of the molecule is COc1ccc(CN(Cc2cc(F)ccc2F)C(=O)[C@@H]2CCC[C@@H](O)C2)cc1. The minimum Gasteiger partial charge on any atom is -0.497 e. The predicted octanol–water partition coefficient (Wildman–Crippen LogP) is 4.05. The molecule has 1 amide bonds. The van der Waals surface area contributed by atoms with E-state index in [1.54, 1.807) is 24.1 Å². The number of carbonyl (C=O) groups is 1. The number of nitrogens with zero attached hydrogens (tertiary/aromatic N) is 1. The molecule has 1 aliphatic carbocycles. The maximum absolute atomic E-state index is 14.2. The van der Waals surface area contributed by atoms with Gasteiger partial charge in [0, 0.05) is 24.6 Å². The summed E-state index contributed by atoms with van der Waals surface area (Å²) in [6, 6.07) is 10.5. The second kappa shape index (κ2) is 9.15. The first-order valence-corrected chi connectivity index (χ1v) is 9.50. The van der Waals surface area contributed by atoms with Crippen molar-refractivity contribution in [1.82, 2.24) is 4.90 Å². The largest absolute Gasteiger partial charge is 0.497 e. The molecule has 0 heterocycles. The zero-order valence-corrected chi connectivity index (χ0v) is 15.9. The Labute approximate surface area is 163 Å². The molecule has 0 spiro atoms. The molecular formula is C22H25F2NO3. The van der Waals surface area contributed by atoms with Crippen molar-refractivity contribution in [3.8, 4) is 5.75 Å². The molecule has 0 aliphatic heterocycles. The molecule has 150 valence electrons. The van der Waals surface area contributed by atoms with E-state index in [1.807, 2.05) is 12.1 Å². The van der Waals surface area contributed by atoms with Gasteiger partial charge >= 0.3 is 0 Å². The third kappa shape index (κ3) is 5.07. The van der Waals surface area contributed by atoms with Crippen molar-refractivity contribution in [2.24, 2.45) is 5.92 Å². The van der Waals surface area contributed by atoms with Crippen molar-refractivity contribution in [1.29, 1.82) is 0 Å². The number of amides is 1. The summed E-state index contributed by atoms with van der Waals surface area (Å²) in [5.41, 5.74) is 1.00. The van der Waals surface area contributed by atoms with Crippen LogP contribution in [0.1, 0.15) is 36.8 Å². The molecule has 1 N–H and O–H groups in total. The van der Waals surface area contributed by atoms with Crippen LogP contribution < -0.4 is 4.74 Å². The van der Waals surface area contributed by atoms with E-state index in [0.717, 1.165) is 30.2 Å². The number of ether oxygens (including phenoxy) is 1. The number of hydrogen-bond acceptors (Lipinski definition) is 3. The standard InChI is InChI=1S/C22H25F2NO3/c1-28-20-8-5-15(6-9-20)13-25(14-17-11-18(23)7-10-21(17)24)22(27)16-3-2-4-19(26)12-16/h5-11,16,19,26H,2-4,12-14H2,1H3/t16-,19-/m1/s1. The molecule has 2 aromatic carbocycles. The summed E-state index contributed by atoms with van der Waals surface area (Å²) in [5.74, 6) is -0.830. The van der Waals surface area contributed by atoms with E-state index in [2.05, 4.69) is 0 Å². The second-order valence-corrected chi connectivity index (χ2v) is 7.30. The summed E-state index contributed by atoms with van der Waals surface area (Å²) in [7, 11) is 1.58. The number of aliphatic hydroxyl groups excluding tert-OH is 1. The summed E-state index contributed by atoms with van der Waals surface area (Å²) in [5, 5.41) is 9.93. The monoisotopic (exact) mass is 389 g/mol. The van der Waals surface area contributed by atoms with Crippen LogP contribution in [0.4, 0.5) is 8.78 Å². The first-order chi connectivity index (χ1) is 13.5. The normalized spacial score (nSPS) is 19.3. The van der Waals surface area contributed by atoms with Gasteiger partial charge in [-0.2, -0.15) is 0 Å². The van der Waals surface area contributed by atoms with E-state index in [9.17, 15) is 18.7 Å². The first kappa shape index (κ1) is 20.3. The Morgan fingerprint density at radius 1 is 1.14 bits per heavy atom. The molecule has 0 unspecified atom stereocenters. The van der Waals surface area contributed by atoms with Crippen molar-refractivity contribution in [2.45, 2.75) is 44.9 Å². The fraction of sp³-hybridized carbons (Fsp3) is 0.409. The smallest absolute Gasteiger partial charge is 0.226 e. The Kier molecular flexibility index (Phi) is 6.62. The highest BCUT2D eigenvalue weighted by Gasteiger charge is 2.30. The lowest BCUT2D eigenvalue weighted by atomic mass is 9.86. The van der Waals surface area contributed by atoms with Crippen molar-refractivity contribution in [2.75, 3.05) is 7.11 Å². The van der Waals surface area contributed by atoms with Crippen LogP contribution in [0.5, 0.6) is 5.75 Å². The van der Waals surface area contributed by atoms with Gasteiger partial charge in [-0.25, -0.2) is 8.78 Å². The van der Waals surface area contributed by atoms with E-state index in [-0.39, 0.29) is 30.5 Å². The summed E-state index contributed by atoms with van der Waals surface area (Å²) >= 11 is 0. The van der Waals surface area contributed by atoms with E-state index in [4.69, 9.17) is 4.74 Å². The Morgan fingerprint density at radius 2 is 1.89 bits per heavy atom. The minimum atomic E-state index is -0.544. The highest BCUT2D eigenvalue weighted by atomic mass is 19.1. The Hall–Kier alpha value is -2.47. The zero-order chi connectivity index (χ0) is 20.1. The van der Waals surface area contributed by atoms with Crippen LogP contribution in [0.3, 0.4) is 0 Å². The first-order valence-electron chi connectivity index (χ1n) is 9.50. The van der Waals surface area contributed by atoms with Crippen LogP contribution in [0.15, 0.2) is 42.5 Å². The molecule has 2 aromatic rings. The van der Waals surface area contributed by atoms with Gasteiger partial charge in [0.05, 0.1) is 13.2 Å². The third-order valence-corrected chi connectivity index (χ3v) is 5.21. The molecule has 4 nitrogen and oxygen atoms in total. The zero-order valence-electron chi connectivity index (χ0n) is 15.9. The summed E-state index contributed by atoms with van der Waals surface area (Å²) < 4.78 is 32.9. The van der Waals surface area contributed by atoms with E-state index in [0.29, 0.717) is 25.0 Å². The van der Waals surface area contributed by atoms with Crippen LogP contribution in [0.25, 0.3) is 0 Å². The van der Waals surface area contributed by atoms with E-state index >= 15 is 0 Å². The van der Waals surface area contributed by atoms with Gasteiger partial charge in [0.15, 0.2) is 0 Å². The number of carbonyl (C=O) groups excluding carboxylic acids is 1. The average molecular weight is 389 g/mol. The quantitative estimate of drug-likeness (QED) is 0.811. The van der Waals surface area contributed by atoms with Crippen LogP contribution in [-0.4, -0.2) is 29.1 Å². The van der Waals surface area contributed by atoms with Crippen LogP contribution in [-0.2, 0) is 17.9 Å². The number of rotatable bonds is 6. The third-order valence-electron chi connectivity index (χ3n) is 5.21. The van der Waals surface area contributed by atoms with E-state index in [1.165, 1.54) is 0 Å². The fourth-order valence-corrected chi connectivity index (χ4v) is 3.68. The summed E-state index contributed by atoms with van der Waals surface area (Å²) in [6.07, 6.45) is 2.09. The van der Waals surface area contributed by atoms with Crippen LogP contribution in [0.2, 0.25) is 0 Å². The highest BCUT2D eigenvalue weighted by Crippen LogP contribution is 2.28. The van der Waals surface area contributed by atoms with E-state index < -0.39 is 17.7 Å². The molecule has 0 saturated heterocycles. The van der Waals surface area contributed by atoms with Gasteiger partial charge in [0.2, 0.25) is 5.91 Å². The fourth-order valence-electron chi connectivity index (χ4n) is 3.68. The van der Waals surface area contributed by atoms with Gasteiger partial charge in [-0.05, 0) is 55.2 Å². The molecule has 0 radical (unpaired) electrons. The van der Waals surface area contributed by atoms with Gasteiger partial charge in [-0.3, -0.25) is 4.79 Å². The average Bonchev–Trinajstić information content (AvgIpc) is 2.70. The highest BCUT2D eigenvalue weighted by molar-refractivity contribution is 5.79. The van der Waals surface area contributed by atoms with Gasteiger partial charge in [-0.15, -0.1) is 0 Å². The van der Waals surface area contributed by atoms with Crippen LogP contribution in [0, 0.1) is 17.6 Å². The lowest BCUT2D eigenvalue weighted by molar-refractivity contribution is -0.139. The molecular weight excluding hydrogens is 364 g/mol.